The van der Waals surface area contributed by atoms with Gasteiger partial charge in [0.05, 0.1) is 13.2 Å². The molecule has 0 aliphatic rings. The predicted octanol–water partition coefficient (Wildman–Crippen LogP) is 2.81. The first-order valence-electron chi connectivity index (χ1n) is 5.46. The van der Waals surface area contributed by atoms with Crippen LogP contribution >= 0.6 is 0 Å². The van der Waals surface area contributed by atoms with Gasteiger partial charge >= 0.3 is 0 Å². The van der Waals surface area contributed by atoms with Gasteiger partial charge in [0.25, 0.3) is 0 Å². The Bertz CT molecular complexity index is 578. The molecule has 2 aromatic rings. The molecular weight excluding hydrogens is 231 g/mol. The molecule has 3 nitrogen and oxygen atoms in total. The highest BCUT2D eigenvalue weighted by Gasteiger charge is 2.04. The van der Waals surface area contributed by atoms with Crippen LogP contribution in [-0.4, -0.2) is 4.98 Å². The summed E-state index contributed by atoms with van der Waals surface area (Å²) in [5.74, 6) is -0.288. The van der Waals surface area contributed by atoms with Crippen LogP contribution in [0.2, 0.25) is 0 Å². The minimum atomic E-state index is -0.288. The number of aromatic nitrogens is 1. The third-order valence-electron chi connectivity index (χ3n) is 2.47. The van der Waals surface area contributed by atoms with Gasteiger partial charge in [0.15, 0.2) is 0 Å². The van der Waals surface area contributed by atoms with Crippen molar-refractivity contribution >= 4 is 0 Å². The minimum Gasteiger partial charge on any atom is -0.372 e. The predicted molar refractivity (Wildman–Crippen MR) is 63.8 cm³/mol. The average molecular weight is 242 g/mol. The smallest absolute Gasteiger partial charge is 0.145 e. The monoisotopic (exact) mass is 242 g/mol. The van der Waals surface area contributed by atoms with E-state index in [0.717, 1.165) is 0 Å². The quantitative estimate of drug-likeness (QED) is 0.828. The number of hydrogen-bond acceptors (Lipinski definition) is 3. The zero-order chi connectivity index (χ0) is 12.8. The number of rotatable bonds is 4. The lowest BCUT2D eigenvalue weighted by Gasteiger charge is -2.06. The summed E-state index contributed by atoms with van der Waals surface area (Å²) < 4.78 is 18.7. The van der Waals surface area contributed by atoms with Gasteiger partial charge in [-0.25, -0.2) is 9.37 Å². The van der Waals surface area contributed by atoms with Crippen molar-refractivity contribution in [3.05, 3.63) is 65.2 Å². The molecule has 1 heterocycles. The first-order chi connectivity index (χ1) is 8.81. The summed E-state index contributed by atoms with van der Waals surface area (Å²) in [6.07, 6.45) is 1.55. The fraction of sp³-hybridized carbons (Fsp3) is 0.143. The van der Waals surface area contributed by atoms with E-state index in [0.29, 0.717) is 16.8 Å². The van der Waals surface area contributed by atoms with Crippen LogP contribution in [0.5, 0.6) is 0 Å². The number of hydrogen-bond donors (Lipinski definition) is 0. The van der Waals surface area contributed by atoms with Crippen molar-refractivity contribution in [1.29, 1.82) is 5.26 Å². The summed E-state index contributed by atoms with van der Waals surface area (Å²) in [5.41, 5.74) is 1.54. The van der Waals surface area contributed by atoms with E-state index in [-0.39, 0.29) is 19.0 Å². The third-order valence-corrected chi connectivity index (χ3v) is 2.47. The maximum Gasteiger partial charge on any atom is 0.145 e. The fourth-order valence-corrected chi connectivity index (χ4v) is 1.54. The van der Waals surface area contributed by atoms with E-state index in [1.807, 2.05) is 6.07 Å². The van der Waals surface area contributed by atoms with E-state index in [9.17, 15) is 4.39 Å². The lowest BCUT2D eigenvalue weighted by Crippen LogP contribution is -1.99. The van der Waals surface area contributed by atoms with Crippen molar-refractivity contribution in [2.45, 2.75) is 13.2 Å². The molecule has 0 aliphatic carbocycles. The van der Waals surface area contributed by atoms with Crippen LogP contribution in [0.1, 0.15) is 16.8 Å². The summed E-state index contributed by atoms with van der Waals surface area (Å²) in [4.78, 5) is 3.93. The minimum absolute atomic E-state index is 0.173. The van der Waals surface area contributed by atoms with E-state index in [4.69, 9.17) is 10.00 Å². The first-order valence-corrected chi connectivity index (χ1v) is 5.46. The maximum atomic E-state index is 13.3. The number of benzene rings is 1. The SMILES string of the molecule is N#Cc1ncccc1COCc1ccccc1F. The molecule has 0 amide bonds. The van der Waals surface area contributed by atoms with E-state index in [1.54, 1.807) is 36.5 Å². The Balaban J connectivity index is 1.97. The van der Waals surface area contributed by atoms with Gasteiger partial charge in [-0.15, -0.1) is 0 Å². The second-order valence-electron chi connectivity index (χ2n) is 3.71. The Kier molecular flexibility index (Phi) is 4.00. The Hall–Kier alpha value is -2.25. The molecular formula is C14H11FN2O. The summed E-state index contributed by atoms with van der Waals surface area (Å²) in [6.45, 7) is 0.414. The summed E-state index contributed by atoms with van der Waals surface area (Å²) in [6, 6.07) is 12.0. The number of pyridine rings is 1. The number of nitriles is 1. The Morgan fingerprint density at radius 1 is 1.11 bits per heavy atom. The topological polar surface area (TPSA) is 45.9 Å². The highest BCUT2D eigenvalue weighted by Crippen LogP contribution is 2.11. The molecule has 0 saturated heterocycles. The molecule has 0 unspecified atom stereocenters. The van der Waals surface area contributed by atoms with Gasteiger partial charge in [0, 0.05) is 17.3 Å². The number of nitrogens with zero attached hydrogens (tertiary/aromatic N) is 2. The molecule has 1 aromatic heterocycles. The van der Waals surface area contributed by atoms with Gasteiger partial charge in [-0.05, 0) is 12.1 Å². The molecule has 18 heavy (non-hydrogen) atoms. The van der Waals surface area contributed by atoms with Gasteiger partial charge < -0.3 is 4.74 Å². The largest absolute Gasteiger partial charge is 0.372 e. The highest BCUT2D eigenvalue weighted by atomic mass is 19.1. The van der Waals surface area contributed by atoms with E-state index >= 15 is 0 Å². The second-order valence-corrected chi connectivity index (χ2v) is 3.71. The Morgan fingerprint density at radius 3 is 2.61 bits per heavy atom. The van der Waals surface area contributed by atoms with E-state index in [2.05, 4.69) is 4.98 Å². The lowest BCUT2D eigenvalue weighted by molar-refractivity contribution is 0.104. The van der Waals surface area contributed by atoms with Crippen LogP contribution in [0.4, 0.5) is 4.39 Å². The molecule has 0 saturated carbocycles. The van der Waals surface area contributed by atoms with Gasteiger partial charge in [0.2, 0.25) is 0 Å². The molecule has 4 heteroatoms. The summed E-state index contributed by atoms with van der Waals surface area (Å²) in [5, 5.41) is 8.85. The van der Waals surface area contributed by atoms with E-state index in [1.165, 1.54) is 6.07 Å². The van der Waals surface area contributed by atoms with Crippen molar-refractivity contribution in [2.24, 2.45) is 0 Å². The molecule has 0 aliphatic heterocycles. The Morgan fingerprint density at radius 2 is 1.83 bits per heavy atom. The fourth-order valence-electron chi connectivity index (χ4n) is 1.54. The normalized spacial score (nSPS) is 10.0. The van der Waals surface area contributed by atoms with Crippen LogP contribution in [0.3, 0.4) is 0 Å². The number of halogens is 1. The first kappa shape index (κ1) is 12.2. The van der Waals surface area contributed by atoms with Gasteiger partial charge in [-0.2, -0.15) is 5.26 Å². The van der Waals surface area contributed by atoms with Crippen molar-refractivity contribution in [2.75, 3.05) is 0 Å². The van der Waals surface area contributed by atoms with Crippen LogP contribution in [-0.2, 0) is 18.0 Å². The van der Waals surface area contributed by atoms with Crippen LogP contribution < -0.4 is 0 Å². The molecule has 0 radical (unpaired) electrons. The zero-order valence-electron chi connectivity index (χ0n) is 9.64. The third kappa shape index (κ3) is 2.90. The van der Waals surface area contributed by atoms with Gasteiger partial charge in [0.1, 0.15) is 17.6 Å². The van der Waals surface area contributed by atoms with E-state index < -0.39 is 0 Å². The zero-order valence-corrected chi connectivity index (χ0v) is 9.64. The molecule has 0 N–H and O–H groups in total. The molecule has 0 spiro atoms. The van der Waals surface area contributed by atoms with Gasteiger partial charge in [-0.3, -0.25) is 0 Å². The van der Waals surface area contributed by atoms with Crippen molar-refractivity contribution < 1.29 is 9.13 Å². The maximum absolute atomic E-state index is 13.3. The lowest BCUT2D eigenvalue weighted by atomic mass is 10.2. The molecule has 1 aromatic carbocycles. The van der Waals surface area contributed by atoms with Crippen molar-refractivity contribution in [1.82, 2.24) is 4.98 Å². The highest BCUT2D eigenvalue weighted by molar-refractivity contribution is 5.29. The second kappa shape index (κ2) is 5.89. The summed E-state index contributed by atoms with van der Waals surface area (Å²) >= 11 is 0. The molecule has 0 fully saturated rings. The van der Waals surface area contributed by atoms with Crippen LogP contribution in [0, 0.1) is 17.1 Å². The van der Waals surface area contributed by atoms with Crippen LogP contribution in [0.15, 0.2) is 42.6 Å². The Labute approximate surface area is 104 Å². The molecule has 0 atom stereocenters. The van der Waals surface area contributed by atoms with Gasteiger partial charge in [-0.1, -0.05) is 24.3 Å². The van der Waals surface area contributed by atoms with Crippen molar-refractivity contribution in [3.8, 4) is 6.07 Å². The molecule has 90 valence electrons. The standard InChI is InChI=1S/C14H11FN2O/c15-13-6-2-1-4-11(13)9-18-10-12-5-3-7-17-14(12)8-16/h1-7H,9-10H2. The van der Waals surface area contributed by atoms with Crippen molar-refractivity contribution in [3.63, 3.8) is 0 Å². The molecule has 0 bridgehead atoms. The number of ether oxygens (including phenoxy) is 1. The van der Waals surface area contributed by atoms with Crippen LogP contribution in [0.25, 0.3) is 0 Å². The average Bonchev–Trinajstić information content (AvgIpc) is 2.41. The molecule has 2 rings (SSSR count). The summed E-state index contributed by atoms with van der Waals surface area (Å²) in [7, 11) is 0.